The number of carbonyl (C=O) groups is 2. The Kier molecular flexibility index (Phi) is 7.12. The third-order valence-corrected chi connectivity index (χ3v) is 6.96. The number of amides is 1. The van der Waals surface area contributed by atoms with Crippen molar-refractivity contribution < 1.29 is 14.3 Å². The van der Waals surface area contributed by atoms with Crippen molar-refractivity contribution in [3.63, 3.8) is 0 Å². The number of carbonyl (C=O) groups excluding carboxylic acids is 2. The lowest BCUT2D eigenvalue weighted by Gasteiger charge is -2.21. The SMILES string of the molecule is CCC(C(=O)Nc1nc(C)c(C(=O)OCc2ccccc2)s1)n1c(=O)cc(C)c2cccc(C)c21. The minimum Gasteiger partial charge on any atom is -0.457 e. The van der Waals surface area contributed by atoms with Gasteiger partial charge in [-0.05, 0) is 43.9 Å². The summed E-state index contributed by atoms with van der Waals surface area (Å²) in [6, 6.07) is 16.1. The molecule has 0 bridgehead atoms. The van der Waals surface area contributed by atoms with Gasteiger partial charge in [0.2, 0.25) is 5.91 Å². The number of rotatable bonds is 7. The van der Waals surface area contributed by atoms with Crippen LogP contribution in [0.2, 0.25) is 0 Å². The fraction of sp³-hybridized carbons (Fsp3) is 0.259. The predicted molar refractivity (Wildman–Crippen MR) is 138 cm³/mol. The van der Waals surface area contributed by atoms with Gasteiger partial charge in [0.1, 0.15) is 17.5 Å². The Morgan fingerprint density at radius 3 is 2.51 bits per heavy atom. The summed E-state index contributed by atoms with van der Waals surface area (Å²) in [5, 5.41) is 4.03. The zero-order valence-electron chi connectivity index (χ0n) is 20.1. The molecule has 0 aliphatic heterocycles. The summed E-state index contributed by atoms with van der Waals surface area (Å²) < 4.78 is 6.97. The topological polar surface area (TPSA) is 90.3 Å². The second-order valence-electron chi connectivity index (χ2n) is 8.42. The Balaban J connectivity index is 1.57. The van der Waals surface area contributed by atoms with Gasteiger partial charge in [0.15, 0.2) is 5.13 Å². The highest BCUT2D eigenvalue weighted by Crippen LogP contribution is 2.27. The van der Waals surface area contributed by atoms with Crippen LogP contribution in [0, 0.1) is 20.8 Å². The van der Waals surface area contributed by atoms with E-state index in [2.05, 4.69) is 10.3 Å². The Labute approximate surface area is 207 Å². The highest BCUT2D eigenvalue weighted by molar-refractivity contribution is 7.17. The van der Waals surface area contributed by atoms with Gasteiger partial charge in [0.25, 0.3) is 5.56 Å². The van der Waals surface area contributed by atoms with Gasteiger partial charge in [-0.1, -0.05) is 66.8 Å². The standard InChI is InChI=1S/C27H27N3O4S/c1-5-21(30-22(31)14-17(3)20-13-9-10-16(2)23(20)30)25(32)29-27-28-18(4)24(35-27)26(33)34-15-19-11-7-6-8-12-19/h6-14,21H,5,15H2,1-4H3,(H,28,29,32). The number of aromatic nitrogens is 2. The molecule has 4 aromatic rings. The highest BCUT2D eigenvalue weighted by atomic mass is 32.1. The van der Waals surface area contributed by atoms with Crippen molar-refractivity contribution in [3.8, 4) is 0 Å². The van der Waals surface area contributed by atoms with Crippen molar-refractivity contribution in [3.05, 3.63) is 92.2 Å². The van der Waals surface area contributed by atoms with E-state index in [1.807, 2.05) is 69.3 Å². The van der Waals surface area contributed by atoms with Gasteiger partial charge < -0.3 is 10.1 Å². The van der Waals surface area contributed by atoms with Crippen molar-refractivity contribution in [1.29, 1.82) is 0 Å². The van der Waals surface area contributed by atoms with Crippen molar-refractivity contribution in [2.24, 2.45) is 0 Å². The van der Waals surface area contributed by atoms with Crippen LogP contribution in [-0.4, -0.2) is 21.4 Å². The Morgan fingerprint density at radius 1 is 1.06 bits per heavy atom. The van der Waals surface area contributed by atoms with Crippen LogP contribution in [0.5, 0.6) is 0 Å². The Morgan fingerprint density at radius 2 is 1.80 bits per heavy atom. The number of para-hydroxylation sites is 1. The molecule has 2 aromatic heterocycles. The number of fused-ring (bicyclic) bond motifs is 1. The molecule has 0 saturated heterocycles. The maximum atomic E-state index is 13.3. The largest absolute Gasteiger partial charge is 0.457 e. The van der Waals surface area contributed by atoms with E-state index in [-0.39, 0.29) is 18.1 Å². The number of anilines is 1. The van der Waals surface area contributed by atoms with Gasteiger partial charge in [0, 0.05) is 11.5 Å². The number of thiazole rings is 1. The number of nitrogens with zero attached hydrogens (tertiary/aromatic N) is 2. The molecule has 180 valence electrons. The van der Waals surface area contributed by atoms with Crippen LogP contribution in [0.15, 0.2) is 59.4 Å². The van der Waals surface area contributed by atoms with E-state index < -0.39 is 12.0 Å². The average Bonchev–Trinajstić information content (AvgIpc) is 3.20. The fourth-order valence-corrected chi connectivity index (χ4v) is 5.01. The molecule has 0 spiro atoms. The quantitative estimate of drug-likeness (QED) is 0.354. The van der Waals surface area contributed by atoms with E-state index in [9.17, 15) is 14.4 Å². The van der Waals surface area contributed by atoms with Gasteiger partial charge in [-0.15, -0.1) is 0 Å². The van der Waals surface area contributed by atoms with Crippen molar-refractivity contribution in [2.75, 3.05) is 5.32 Å². The first kappa shape index (κ1) is 24.3. The molecule has 0 saturated carbocycles. The minimum absolute atomic E-state index is 0.152. The van der Waals surface area contributed by atoms with E-state index in [0.29, 0.717) is 22.1 Å². The van der Waals surface area contributed by atoms with E-state index in [1.165, 1.54) is 0 Å². The number of benzene rings is 2. The summed E-state index contributed by atoms with van der Waals surface area (Å²) in [7, 11) is 0. The van der Waals surface area contributed by atoms with Crippen molar-refractivity contribution in [2.45, 2.75) is 46.8 Å². The first-order valence-corrected chi connectivity index (χ1v) is 12.2. The summed E-state index contributed by atoms with van der Waals surface area (Å²) in [5.74, 6) is -0.853. The summed E-state index contributed by atoms with van der Waals surface area (Å²) >= 11 is 1.06. The number of ether oxygens (including phenoxy) is 1. The number of hydrogen-bond acceptors (Lipinski definition) is 6. The van der Waals surface area contributed by atoms with E-state index in [1.54, 1.807) is 17.6 Å². The van der Waals surface area contributed by atoms with E-state index in [4.69, 9.17) is 4.74 Å². The fourth-order valence-electron chi connectivity index (χ4n) is 4.15. The average molecular weight is 490 g/mol. The van der Waals surface area contributed by atoms with Crippen LogP contribution in [0.25, 0.3) is 10.9 Å². The number of pyridine rings is 1. The zero-order valence-corrected chi connectivity index (χ0v) is 20.9. The Bertz CT molecular complexity index is 1460. The number of nitrogens with one attached hydrogen (secondary N) is 1. The van der Waals surface area contributed by atoms with Gasteiger partial charge >= 0.3 is 5.97 Å². The van der Waals surface area contributed by atoms with Crippen LogP contribution < -0.4 is 10.9 Å². The summed E-state index contributed by atoms with van der Waals surface area (Å²) in [5.41, 5.74) is 3.67. The lowest BCUT2D eigenvalue weighted by molar-refractivity contribution is -0.119. The van der Waals surface area contributed by atoms with Crippen LogP contribution in [0.1, 0.15) is 51.4 Å². The van der Waals surface area contributed by atoms with Crippen molar-refractivity contribution >= 4 is 39.2 Å². The predicted octanol–water partition coefficient (Wildman–Crippen LogP) is 5.33. The monoisotopic (exact) mass is 489 g/mol. The lowest BCUT2D eigenvalue weighted by Crippen LogP contribution is -2.33. The number of hydrogen-bond donors (Lipinski definition) is 1. The Hall–Kier alpha value is -3.78. The van der Waals surface area contributed by atoms with E-state index in [0.717, 1.165) is 38.9 Å². The molecule has 8 heteroatoms. The molecule has 1 N–H and O–H groups in total. The van der Waals surface area contributed by atoms with Crippen LogP contribution in [-0.2, 0) is 16.1 Å². The molecule has 7 nitrogen and oxygen atoms in total. The molecule has 1 unspecified atom stereocenters. The highest BCUT2D eigenvalue weighted by Gasteiger charge is 2.25. The molecule has 35 heavy (non-hydrogen) atoms. The minimum atomic E-state index is -0.732. The molecule has 2 heterocycles. The first-order chi connectivity index (χ1) is 16.8. The second kappa shape index (κ2) is 10.2. The molecule has 0 radical (unpaired) electrons. The first-order valence-electron chi connectivity index (χ1n) is 11.4. The molecule has 0 aliphatic rings. The molecule has 0 aliphatic carbocycles. The normalized spacial score (nSPS) is 11.9. The summed E-state index contributed by atoms with van der Waals surface area (Å²) in [6.45, 7) is 7.54. The van der Waals surface area contributed by atoms with Crippen LogP contribution >= 0.6 is 11.3 Å². The van der Waals surface area contributed by atoms with Gasteiger partial charge in [0.05, 0.1) is 11.2 Å². The van der Waals surface area contributed by atoms with Gasteiger partial charge in [-0.25, -0.2) is 9.78 Å². The molecule has 1 atom stereocenters. The number of esters is 1. The van der Waals surface area contributed by atoms with E-state index >= 15 is 0 Å². The lowest BCUT2D eigenvalue weighted by atomic mass is 10.0. The maximum absolute atomic E-state index is 13.3. The van der Waals surface area contributed by atoms with Gasteiger partial charge in [-0.2, -0.15) is 0 Å². The number of aryl methyl sites for hydroxylation is 3. The zero-order chi connectivity index (χ0) is 25.1. The molecule has 1 amide bonds. The molecule has 4 rings (SSSR count). The molecular weight excluding hydrogens is 462 g/mol. The summed E-state index contributed by atoms with van der Waals surface area (Å²) in [6.07, 6.45) is 0.411. The molecular formula is C27H27N3O4S. The smallest absolute Gasteiger partial charge is 0.350 e. The van der Waals surface area contributed by atoms with Crippen molar-refractivity contribution in [1.82, 2.24) is 9.55 Å². The second-order valence-corrected chi connectivity index (χ2v) is 9.41. The van der Waals surface area contributed by atoms with Crippen LogP contribution in [0.4, 0.5) is 5.13 Å². The molecule has 0 fully saturated rings. The van der Waals surface area contributed by atoms with Gasteiger partial charge in [-0.3, -0.25) is 14.2 Å². The third-order valence-electron chi connectivity index (χ3n) is 5.91. The van der Waals surface area contributed by atoms with Crippen LogP contribution in [0.3, 0.4) is 0 Å². The summed E-state index contributed by atoms with van der Waals surface area (Å²) in [4.78, 5) is 43.6. The molecule has 2 aromatic carbocycles. The maximum Gasteiger partial charge on any atom is 0.350 e. The third kappa shape index (κ3) is 5.02.